The molecule has 2 fully saturated rings. The van der Waals surface area contributed by atoms with Gasteiger partial charge in [0.15, 0.2) is 5.65 Å². The standard InChI is InChI=1S/C20H27N5O/c1-13-8-14(2)23-19-18(13)20(22-12-21-19)24(3)10-15-9-17(26)25(11-15)16-6-4-5-7-16/h8,12,15-16H,4-7,9-11H2,1-3H3/t15-/m1/s1. The molecule has 2 aliphatic rings. The average Bonchev–Trinajstić information content (AvgIpc) is 3.23. The number of fused-ring (bicyclic) bond motifs is 1. The van der Waals surface area contributed by atoms with Gasteiger partial charge in [-0.3, -0.25) is 4.79 Å². The summed E-state index contributed by atoms with van der Waals surface area (Å²) in [7, 11) is 2.06. The number of aromatic nitrogens is 3. The summed E-state index contributed by atoms with van der Waals surface area (Å²) in [5.74, 6) is 1.60. The van der Waals surface area contributed by atoms with Crippen molar-refractivity contribution in [2.24, 2.45) is 5.92 Å². The number of likely N-dealkylation sites (tertiary alicyclic amines) is 1. The number of nitrogens with zero attached hydrogens (tertiary/aromatic N) is 5. The number of carbonyl (C=O) groups is 1. The maximum absolute atomic E-state index is 12.5. The molecule has 1 saturated heterocycles. The second-order valence-corrected chi connectivity index (χ2v) is 7.91. The highest BCUT2D eigenvalue weighted by molar-refractivity contribution is 5.90. The van der Waals surface area contributed by atoms with Gasteiger partial charge in [0.05, 0.1) is 5.39 Å². The van der Waals surface area contributed by atoms with E-state index in [2.05, 4.69) is 44.8 Å². The lowest BCUT2D eigenvalue weighted by atomic mass is 10.1. The Bertz CT molecular complexity index is 830. The smallest absolute Gasteiger partial charge is 0.223 e. The van der Waals surface area contributed by atoms with Crippen LogP contribution in [0.4, 0.5) is 5.82 Å². The van der Waals surface area contributed by atoms with Crippen LogP contribution in [-0.2, 0) is 4.79 Å². The Balaban J connectivity index is 1.53. The summed E-state index contributed by atoms with van der Waals surface area (Å²) in [5.41, 5.74) is 2.86. The zero-order chi connectivity index (χ0) is 18.3. The Labute approximate surface area is 154 Å². The first-order valence-electron chi connectivity index (χ1n) is 9.62. The number of aryl methyl sites for hydroxylation is 2. The van der Waals surface area contributed by atoms with E-state index in [0.717, 1.165) is 41.2 Å². The number of hydrogen-bond acceptors (Lipinski definition) is 5. The molecule has 0 unspecified atom stereocenters. The molecule has 138 valence electrons. The van der Waals surface area contributed by atoms with Crippen molar-refractivity contribution >= 4 is 22.8 Å². The first kappa shape index (κ1) is 17.2. The van der Waals surface area contributed by atoms with Gasteiger partial charge in [-0.25, -0.2) is 15.0 Å². The quantitative estimate of drug-likeness (QED) is 0.846. The Kier molecular flexibility index (Phi) is 4.51. The molecule has 0 aromatic carbocycles. The monoisotopic (exact) mass is 353 g/mol. The maximum atomic E-state index is 12.5. The highest BCUT2D eigenvalue weighted by Crippen LogP contribution is 2.31. The fourth-order valence-electron chi connectivity index (χ4n) is 4.65. The van der Waals surface area contributed by atoms with E-state index >= 15 is 0 Å². The van der Waals surface area contributed by atoms with Crippen LogP contribution in [0.5, 0.6) is 0 Å². The van der Waals surface area contributed by atoms with Crippen molar-refractivity contribution in [3.63, 3.8) is 0 Å². The van der Waals surface area contributed by atoms with Crippen LogP contribution in [0.2, 0.25) is 0 Å². The number of hydrogen-bond donors (Lipinski definition) is 0. The molecule has 2 aromatic rings. The van der Waals surface area contributed by atoms with Gasteiger partial charge in [0.2, 0.25) is 5.91 Å². The fraction of sp³-hybridized carbons (Fsp3) is 0.600. The largest absolute Gasteiger partial charge is 0.359 e. The van der Waals surface area contributed by atoms with E-state index in [0.29, 0.717) is 24.3 Å². The van der Waals surface area contributed by atoms with Gasteiger partial charge in [0.25, 0.3) is 0 Å². The number of amides is 1. The fourth-order valence-corrected chi connectivity index (χ4v) is 4.65. The van der Waals surface area contributed by atoms with Gasteiger partial charge in [-0.1, -0.05) is 12.8 Å². The third-order valence-electron chi connectivity index (χ3n) is 5.81. The molecule has 0 N–H and O–H groups in total. The third-order valence-corrected chi connectivity index (χ3v) is 5.81. The molecule has 26 heavy (non-hydrogen) atoms. The van der Waals surface area contributed by atoms with Crippen LogP contribution in [0.1, 0.15) is 43.4 Å². The minimum Gasteiger partial charge on any atom is -0.359 e. The summed E-state index contributed by atoms with van der Waals surface area (Å²) >= 11 is 0. The molecule has 1 atom stereocenters. The maximum Gasteiger partial charge on any atom is 0.223 e. The van der Waals surface area contributed by atoms with Crippen LogP contribution in [0.3, 0.4) is 0 Å². The van der Waals surface area contributed by atoms with Crippen LogP contribution in [0.15, 0.2) is 12.4 Å². The predicted molar refractivity (Wildman–Crippen MR) is 102 cm³/mol. The summed E-state index contributed by atoms with van der Waals surface area (Å²) < 4.78 is 0. The van der Waals surface area contributed by atoms with E-state index < -0.39 is 0 Å². The van der Waals surface area contributed by atoms with Crippen molar-refractivity contribution in [3.8, 4) is 0 Å². The molecular weight excluding hydrogens is 326 g/mol. The molecule has 1 amide bonds. The number of carbonyl (C=O) groups excluding carboxylic acids is 1. The summed E-state index contributed by atoms with van der Waals surface area (Å²) in [6, 6.07) is 2.55. The number of anilines is 1. The zero-order valence-corrected chi connectivity index (χ0v) is 15.9. The Morgan fingerprint density at radius 1 is 1.23 bits per heavy atom. The SMILES string of the molecule is Cc1cc(C)c2c(N(C)C[C@H]3CC(=O)N(C4CCCC4)C3)ncnc2n1. The summed E-state index contributed by atoms with van der Waals surface area (Å²) in [5, 5.41) is 1.01. The van der Waals surface area contributed by atoms with E-state index in [1.165, 1.54) is 25.7 Å². The molecule has 6 nitrogen and oxygen atoms in total. The van der Waals surface area contributed by atoms with Crippen LogP contribution >= 0.6 is 0 Å². The zero-order valence-electron chi connectivity index (χ0n) is 15.9. The summed E-state index contributed by atoms with van der Waals surface area (Å²) in [6.07, 6.45) is 7.12. The Morgan fingerprint density at radius 2 is 2.00 bits per heavy atom. The van der Waals surface area contributed by atoms with E-state index in [1.807, 2.05) is 6.92 Å². The lowest BCUT2D eigenvalue weighted by Crippen LogP contribution is -2.35. The van der Waals surface area contributed by atoms with E-state index in [4.69, 9.17) is 0 Å². The molecular formula is C20H27N5O. The minimum absolute atomic E-state index is 0.330. The van der Waals surface area contributed by atoms with Crippen molar-refractivity contribution in [3.05, 3.63) is 23.7 Å². The highest BCUT2D eigenvalue weighted by Gasteiger charge is 2.36. The van der Waals surface area contributed by atoms with Crippen molar-refractivity contribution < 1.29 is 4.79 Å². The lowest BCUT2D eigenvalue weighted by Gasteiger charge is -2.26. The normalized spacial score (nSPS) is 21.1. The van der Waals surface area contributed by atoms with E-state index in [9.17, 15) is 4.79 Å². The first-order valence-corrected chi connectivity index (χ1v) is 9.62. The summed E-state index contributed by atoms with van der Waals surface area (Å²) in [4.78, 5) is 30.2. The molecule has 4 rings (SSSR count). The summed E-state index contributed by atoms with van der Waals surface area (Å²) in [6.45, 7) is 5.78. The second kappa shape index (κ2) is 6.82. The van der Waals surface area contributed by atoms with Gasteiger partial charge < -0.3 is 9.80 Å². The van der Waals surface area contributed by atoms with Crippen molar-refractivity contribution in [2.45, 2.75) is 52.0 Å². The molecule has 2 aromatic heterocycles. The Morgan fingerprint density at radius 3 is 2.77 bits per heavy atom. The van der Waals surface area contributed by atoms with Gasteiger partial charge in [0.1, 0.15) is 12.1 Å². The van der Waals surface area contributed by atoms with E-state index in [1.54, 1.807) is 6.33 Å². The van der Waals surface area contributed by atoms with E-state index in [-0.39, 0.29) is 0 Å². The molecule has 3 heterocycles. The first-order chi connectivity index (χ1) is 12.5. The molecule has 1 aliphatic carbocycles. The average molecular weight is 353 g/mol. The lowest BCUT2D eigenvalue weighted by molar-refractivity contribution is -0.129. The molecule has 0 spiro atoms. The van der Waals surface area contributed by atoms with Crippen molar-refractivity contribution in [2.75, 3.05) is 25.0 Å². The van der Waals surface area contributed by atoms with Crippen LogP contribution in [-0.4, -0.2) is 51.9 Å². The van der Waals surface area contributed by atoms with Crippen LogP contribution in [0, 0.1) is 19.8 Å². The van der Waals surface area contributed by atoms with Gasteiger partial charge in [-0.05, 0) is 38.3 Å². The van der Waals surface area contributed by atoms with Crippen molar-refractivity contribution in [1.29, 1.82) is 0 Å². The molecule has 6 heteroatoms. The van der Waals surface area contributed by atoms with Crippen LogP contribution in [0.25, 0.3) is 11.0 Å². The Hall–Kier alpha value is -2.24. The highest BCUT2D eigenvalue weighted by atomic mass is 16.2. The van der Waals surface area contributed by atoms with Crippen molar-refractivity contribution in [1.82, 2.24) is 19.9 Å². The third kappa shape index (κ3) is 3.13. The molecule has 0 radical (unpaired) electrons. The molecule has 1 saturated carbocycles. The van der Waals surface area contributed by atoms with Gasteiger partial charge in [0, 0.05) is 44.2 Å². The topological polar surface area (TPSA) is 62.2 Å². The number of pyridine rings is 1. The van der Waals surface area contributed by atoms with Gasteiger partial charge >= 0.3 is 0 Å². The molecule has 1 aliphatic heterocycles. The van der Waals surface area contributed by atoms with Gasteiger partial charge in [-0.15, -0.1) is 0 Å². The minimum atomic E-state index is 0.330. The second-order valence-electron chi connectivity index (χ2n) is 7.91. The predicted octanol–water partition coefficient (Wildman–Crippen LogP) is 2.87. The van der Waals surface area contributed by atoms with Gasteiger partial charge in [-0.2, -0.15) is 0 Å². The number of rotatable bonds is 4. The molecule has 0 bridgehead atoms. The van der Waals surface area contributed by atoms with Crippen LogP contribution < -0.4 is 4.90 Å².